The number of rotatable bonds is 1. The quantitative estimate of drug-likeness (QED) is 0.666. The number of thiophene rings is 1. The number of aryl methyl sites for hydroxylation is 1. The highest BCUT2D eigenvalue weighted by Crippen LogP contribution is 2.33. The van der Waals surface area contributed by atoms with Crippen molar-refractivity contribution in [2.24, 2.45) is 0 Å². The third-order valence-electron chi connectivity index (χ3n) is 2.09. The number of hydrogen-bond donors (Lipinski definition) is 0. The standard InChI is InChI=1S/C10H8ClFS/c1-2-6-5-13-8-4-3-7(12)10(11)9(6)8/h3-5H,2H2,1H3. The van der Waals surface area contributed by atoms with Gasteiger partial charge in [-0.2, -0.15) is 0 Å². The lowest BCUT2D eigenvalue weighted by molar-refractivity contribution is 0.630. The zero-order valence-electron chi connectivity index (χ0n) is 7.10. The lowest BCUT2D eigenvalue weighted by Crippen LogP contribution is -1.80. The summed E-state index contributed by atoms with van der Waals surface area (Å²) in [7, 11) is 0. The molecule has 0 aliphatic rings. The molecule has 3 heteroatoms. The van der Waals surface area contributed by atoms with Crippen molar-refractivity contribution in [2.75, 3.05) is 0 Å². The summed E-state index contributed by atoms with van der Waals surface area (Å²) < 4.78 is 14.2. The lowest BCUT2D eigenvalue weighted by Gasteiger charge is -1.98. The number of halogens is 2. The van der Waals surface area contributed by atoms with Crippen LogP contribution in [0.4, 0.5) is 4.39 Å². The molecule has 0 aliphatic heterocycles. The first kappa shape index (κ1) is 8.97. The second kappa shape index (κ2) is 3.28. The molecule has 1 aromatic carbocycles. The molecule has 0 unspecified atom stereocenters. The summed E-state index contributed by atoms with van der Waals surface area (Å²) >= 11 is 7.49. The largest absolute Gasteiger partial charge is 0.205 e. The lowest BCUT2D eigenvalue weighted by atomic mass is 10.1. The molecule has 0 nitrogen and oxygen atoms in total. The van der Waals surface area contributed by atoms with Crippen molar-refractivity contribution < 1.29 is 4.39 Å². The average molecular weight is 215 g/mol. The minimum absolute atomic E-state index is 0.260. The summed E-state index contributed by atoms with van der Waals surface area (Å²) in [4.78, 5) is 0. The van der Waals surface area contributed by atoms with E-state index in [2.05, 4.69) is 0 Å². The molecule has 0 atom stereocenters. The van der Waals surface area contributed by atoms with E-state index in [1.54, 1.807) is 17.4 Å². The highest BCUT2D eigenvalue weighted by atomic mass is 35.5. The highest BCUT2D eigenvalue weighted by molar-refractivity contribution is 7.17. The van der Waals surface area contributed by atoms with Gasteiger partial charge in [0.1, 0.15) is 5.82 Å². The van der Waals surface area contributed by atoms with Crippen LogP contribution in [0.5, 0.6) is 0 Å². The molecule has 1 aromatic heterocycles. The van der Waals surface area contributed by atoms with Gasteiger partial charge >= 0.3 is 0 Å². The Labute approximate surface area is 85.0 Å². The van der Waals surface area contributed by atoms with Crippen LogP contribution in [-0.2, 0) is 6.42 Å². The SMILES string of the molecule is CCc1csc2ccc(F)c(Cl)c12. The predicted molar refractivity (Wildman–Crippen MR) is 56.2 cm³/mol. The second-order valence-corrected chi connectivity index (χ2v) is 4.14. The van der Waals surface area contributed by atoms with E-state index in [1.807, 2.05) is 12.3 Å². The van der Waals surface area contributed by atoms with Crippen LogP contribution < -0.4 is 0 Å². The van der Waals surface area contributed by atoms with Gasteiger partial charge in [-0.1, -0.05) is 18.5 Å². The van der Waals surface area contributed by atoms with Gasteiger partial charge in [-0.05, 0) is 29.5 Å². The normalized spacial score (nSPS) is 11.0. The van der Waals surface area contributed by atoms with E-state index in [4.69, 9.17) is 11.6 Å². The fourth-order valence-electron chi connectivity index (χ4n) is 1.38. The van der Waals surface area contributed by atoms with Crippen molar-refractivity contribution in [2.45, 2.75) is 13.3 Å². The van der Waals surface area contributed by atoms with Crippen molar-refractivity contribution in [3.05, 3.63) is 33.9 Å². The van der Waals surface area contributed by atoms with E-state index in [0.29, 0.717) is 0 Å². The van der Waals surface area contributed by atoms with Gasteiger partial charge in [0.2, 0.25) is 0 Å². The van der Waals surface area contributed by atoms with Gasteiger partial charge in [-0.25, -0.2) is 4.39 Å². The number of benzene rings is 1. The maximum Gasteiger partial charge on any atom is 0.142 e. The molecule has 0 fully saturated rings. The monoisotopic (exact) mass is 214 g/mol. The number of hydrogen-bond acceptors (Lipinski definition) is 1. The van der Waals surface area contributed by atoms with Gasteiger partial charge in [0, 0.05) is 10.1 Å². The van der Waals surface area contributed by atoms with Crippen molar-refractivity contribution in [1.82, 2.24) is 0 Å². The summed E-state index contributed by atoms with van der Waals surface area (Å²) in [5.74, 6) is -0.331. The Kier molecular flexibility index (Phi) is 2.26. The van der Waals surface area contributed by atoms with E-state index in [9.17, 15) is 4.39 Å². The Bertz CT molecular complexity index is 447. The van der Waals surface area contributed by atoms with Gasteiger partial charge in [0.25, 0.3) is 0 Å². The molecule has 13 heavy (non-hydrogen) atoms. The van der Waals surface area contributed by atoms with Crippen molar-refractivity contribution in [3.8, 4) is 0 Å². The molecule has 0 amide bonds. The van der Waals surface area contributed by atoms with Crippen LogP contribution in [0.3, 0.4) is 0 Å². The first-order valence-corrected chi connectivity index (χ1v) is 5.34. The van der Waals surface area contributed by atoms with Gasteiger partial charge in [0.15, 0.2) is 0 Å². The summed E-state index contributed by atoms with van der Waals surface area (Å²) in [6.45, 7) is 2.04. The van der Waals surface area contributed by atoms with E-state index >= 15 is 0 Å². The van der Waals surface area contributed by atoms with E-state index < -0.39 is 0 Å². The first-order valence-electron chi connectivity index (χ1n) is 4.08. The Morgan fingerprint density at radius 3 is 2.92 bits per heavy atom. The van der Waals surface area contributed by atoms with Crippen LogP contribution in [0.15, 0.2) is 17.5 Å². The second-order valence-electron chi connectivity index (χ2n) is 2.85. The summed E-state index contributed by atoms with van der Waals surface area (Å²) in [6, 6.07) is 3.20. The molecule has 0 saturated heterocycles. The van der Waals surface area contributed by atoms with Crippen LogP contribution in [0.2, 0.25) is 5.02 Å². The Balaban J connectivity index is 2.85. The molecule has 2 rings (SSSR count). The topological polar surface area (TPSA) is 0 Å². The summed E-state index contributed by atoms with van der Waals surface area (Å²) in [5.41, 5.74) is 1.13. The maximum atomic E-state index is 13.1. The first-order chi connectivity index (χ1) is 6.24. The van der Waals surface area contributed by atoms with Gasteiger partial charge in [-0.3, -0.25) is 0 Å². The molecule has 2 aromatic rings. The average Bonchev–Trinajstić information content (AvgIpc) is 2.55. The molecule has 1 heterocycles. The fraction of sp³-hybridized carbons (Fsp3) is 0.200. The third kappa shape index (κ3) is 1.34. The predicted octanol–water partition coefficient (Wildman–Crippen LogP) is 4.26. The van der Waals surface area contributed by atoms with Crippen molar-refractivity contribution >= 4 is 33.0 Å². The van der Waals surface area contributed by atoms with Crippen LogP contribution in [0.25, 0.3) is 10.1 Å². The van der Waals surface area contributed by atoms with E-state index in [0.717, 1.165) is 22.1 Å². The Morgan fingerprint density at radius 1 is 1.46 bits per heavy atom. The van der Waals surface area contributed by atoms with Gasteiger partial charge in [-0.15, -0.1) is 11.3 Å². The van der Waals surface area contributed by atoms with Crippen LogP contribution in [0, 0.1) is 5.82 Å². The zero-order chi connectivity index (χ0) is 9.42. The minimum atomic E-state index is -0.331. The summed E-state index contributed by atoms with van der Waals surface area (Å²) in [5, 5.41) is 3.18. The zero-order valence-corrected chi connectivity index (χ0v) is 8.68. The van der Waals surface area contributed by atoms with Crippen LogP contribution in [0.1, 0.15) is 12.5 Å². The van der Waals surface area contributed by atoms with Gasteiger partial charge in [0.05, 0.1) is 5.02 Å². The summed E-state index contributed by atoms with van der Waals surface area (Å²) in [6.07, 6.45) is 0.892. The van der Waals surface area contributed by atoms with Crippen LogP contribution in [-0.4, -0.2) is 0 Å². The maximum absolute atomic E-state index is 13.1. The van der Waals surface area contributed by atoms with E-state index in [1.165, 1.54) is 6.07 Å². The highest BCUT2D eigenvalue weighted by Gasteiger charge is 2.09. The van der Waals surface area contributed by atoms with Gasteiger partial charge < -0.3 is 0 Å². The van der Waals surface area contributed by atoms with Crippen molar-refractivity contribution in [1.29, 1.82) is 0 Å². The molecule has 68 valence electrons. The smallest absolute Gasteiger partial charge is 0.142 e. The third-order valence-corrected chi connectivity index (χ3v) is 3.45. The molecular formula is C10H8ClFS. The minimum Gasteiger partial charge on any atom is -0.205 e. The molecule has 0 saturated carbocycles. The molecule has 0 N–H and O–H groups in total. The molecule has 0 radical (unpaired) electrons. The van der Waals surface area contributed by atoms with E-state index in [-0.39, 0.29) is 10.8 Å². The molecule has 0 spiro atoms. The Morgan fingerprint density at radius 2 is 2.23 bits per heavy atom. The van der Waals surface area contributed by atoms with Crippen LogP contribution >= 0.6 is 22.9 Å². The molecule has 0 aliphatic carbocycles. The number of fused-ring (bicyclic) bond motifs is 1. The fourth-order valence-corrected chi connectivity index (χ4v) is 2.78. The van der Waals surface area contributed by atoms with Crippen molar-refractivity contribution in [3.63, 3.8) is 0 Å². The molecule has 0 bridgehead atoms. The Hall–Kier alpha value is -0.600. The molecular weight excluding hydrogens is 207 g/mol.